The summed E-state index contributed by atoms with van der Waals surface area (Å²) in [7, 11) is 0. The van der Waals surface area contributed by atoms with Crippen LogP contribution in [0.25, 0.3) is 5.65 Å². The largest absolute Gasteiger partial charge is 0.456 e. The van der Waals surface area contributed by atoms with Crippen LogP contribution in [0.5, 0.6) is 0 Å². The Balaban J connectivity index is 1.83. The topological polar surface area (TPSA) is 60.7 Å². The van der Waals surface area contributed by atoms with Crippen molar-refractivity contribution in [2.75, 3.05) is 0 Å². The number of aryl methyl sites for hydroxylation is 1. The molecule has 0 unspecified atom stereocenters. The molecular weight excluding hydrogens is 335 g/mol. The molecule has 0 spiro atoms. The first-order valence-electron chi connectivity index (χ1n) is 7.06. The van der Waals surface area contributed by atoms with Gasteiger partial charge in [0, 0.05) is 11.8 Å². The van der Waals surface area contributed by atoms with Crippen molar-refractivity contribution in [2.24, 2.45) is 0 Å². The van der Waals surface area contributed by atoms with Gasteiger partial charge in [0.05, 0.1) is 16.3 Å². The number of rotatable bonds is 3. The summed E-state index contributed by atoms with van der Waals surface area (Å²) in [4.78, 5) is 28.5. The summed E-state index contributed by atoms with van der Waals surface area (Å²) in [5.41, 5.74) is 1.33. The molecule has 0 N–H and O–H groups in total. The van der Waals surface area contributed by atoms with Gasteiger partial charge in [0.2, 0.25) is 0 Å². The lowest BCUT2D eigenvalue weighted by molar-refractivity contribution is 0.0468. The lowest BCUT2D eigenvalue weighted by Gasteiger charge is -2.08. The maximum absolute atomic E-state index is 13.0. The van der Waals surface area contributed by atoms with Gasteiger partial charge in [-0.05, 0) is 37.3 Å². The van der Waals surface area contributed by atoms with Gasteiger partial charge in [0.15, 0.2) is 0 Å². The molecule has 3 rings (SSSR count). The van der Waals surface area contributed by atoms with Crippen molar-refractivity contribution in [3.8, 4) is 0 Å². The molecule has 0 aliphatic carbocycles. The Hall–Kier alpha value is -2.73. The van der Waals surface area contributed by atoms with E-state index < -0.39 is 11.8 Å². The van der Waals surface area contributed by atoms with E-state index in [9.17, 15) is 14.0 Å². The van der Waals surface area contributed by atoms with E-state index in [0.29, 0.717) is 11.3 Å². The number of nitrogens with zero attached hydrogens (tertiary/aromatic N) is 2. The highest BCUT2D eigenvalue weighted by Crippen LogP contribution is 2.18. The first kappa shape index (κ1) is 16.1. The predicted octanol–water partition coefficient (Wildman–Crippen LogP) is 3.15. The number of esters is 1. The van der Waals surface area contributed by atoms with E-state index >= 15 is 0 Å². The highest BCUT2D eigenvalue weighted by atomic mass is 35.5. The lowest BCUT2D eigenvalue weighted by atomic mass is 10.2. The summed E-state index contributed by atoms with van der Waals surface area (Å²) in [6.45, 7) is 1.61. The second-order valence-electron chi connectivity index (χ2n) is 5.15. The Bertz CT molecular complexity index is 1000. The van der Waals surface area contributed by atoms with Crippen molar-refractivity contribution in [3.05, 3.63) is 80.6 Å². The highest BCUT2D eigenvalue weighted by Gasteiger charge is 2.13. The van der Waals surface area contributed by atoms with Crippen LogP contribution in [0.1, 0.15) is 21.7 Å². The van der Waals surface area contributed by atoms with Gasteiger partial charge in [-0.2, -0.15) is 0 Å². The number of fused-ring (bicyclic) bond motifs is 1. The predicted molar refractivity (Wildman–Crippen MR) is 86.7 cm³/mol. The van der Waals surface area contributed by atoms with Gasteiger partial charge in [-0.3, -0.25) is 9.20 Å². The van der Waals surface area contributed by atoms with Crippen LogP contribution in [-0.2, 0) is 11.3 Å². The molecule has 0 aliphatic rings. The number of halogens is 2. The van der Waals surface area contributed by atoms with Crippen LogP contribution in [0.2, 0.25) is 5.02 Å². The molecule has 0 atom stereocenters. The first-order valence-corrected chi connectivity index (χ1v) is 7.44. The minimum absolute atomic E-state index is 0.0397. The van der Waals surface area contributed by atoms with Crippen LogP contribution >= 0.6 is 11.6 Å². The summed E-state index contributed by atoms with van der Waals surface area (Å²) in [6.07, 6.45) is 0. The Morgan fingerprint density at radius 3 is 2.83 bits per heavy atom. The fraction of sp³-hybridized carbons (Fsp3) is 0.118. The fourth-order valence-electron chi connectivity index (χ4n) is 2.31. The Morgan fingerprint density at radius 1 is 1.29 bits per heavy atom. The number of hydrogen-bond acceptors (Lipinski definition) is 4. The Morgan fingerprint density at radius 2 is 2.08 bits per heavy atom. The molecular formula is C17H12ClFN2O3. The molecule has 5 nitrogen and oxygen atoms in total. The molecule has 0 bridgehead atoms. The molecule has 24 heavy (non-hydrogen) atoms. The molecule has 0 fully saturated rings. The number of hydrogen-bond donors (Lipinski definition) is 0. The minimum Gasteiger partial charge on any atom is -0.456 e. The number of pyridine rings is 1. The van der Waals surface area contributed by atoms with Crippen molar-refractivity contribution < 1.29 is 13.9 Å². The molecule has 1 aromatic carbocycles. The molecule has 122 valence electrons. The van der Waals surface area contributed by atoms with Crippen LogP contribution in [-0.4, -0.2) is 15.4 Å². The van der Waals surface area contributed by atoms with Crippen LogP contribution in [0.3, 0.4) is 0 Å². The average Bonchev–Trinajstić information content (AvgIpc) is 2.52. The maximum atomic E-state index is 13.0. The zero-order valence-electron chi connectivity index (χ0n) is 12.6. The third-order valence-electron chi connectivity index (χ3n) is 3.44. The SMILES string of the molecule is Cc1cccc2nc(COC(=O)c3ccc(F)cc3Cl)cc(=O)n12. The second kappa shape index (κ2) is 6.41. The van der Waals surface area contributed by atoms with Crippen molar-refractivity contribution in [3.63, 3.8) is 0 Å². The highest BCUT2D eigenvalue weighted by molar-refractivity contribution is 6.33. The zero-order chi connectivity index (χ0) is 17.3. The molecule has 0 saturated carbocycles. The molecule has 2 aromatic heterocycles. The Labute approximate surface area is 141 Å². The summed E-state index contributed by atoms with van der Waals surface area (Å²) in [5, 5.41) is -0.0397. The van der Waals surface area contributed by atoms with Gasteiger partial charge in [0.1, 0.15) is 18.1 Å². The lowest BCUT2D eigenvalue weighted by Crippen LogP contribution is -2.18. The smallest absolute Gasteiger partial charge is 0.340 e. The fourth-order valence-corrected chi connectivity index (χ4v) is 2.55. The van der Waals surface area contributed by atoms with Crippen molar-refractivity contribution in [1.29, 1.82) is 0 Å². The summed E-state index contributed by atoms with van der Waals surface area (Å²) in [6, 6.07) is 9.97. The van der Waals surface area contributed by atoms with Gasteiger partial charge in [-0.15, -0.1) is 0 Å². The van der Waals surface area contributed by atoms with Crippen LogP contribution < -0.4 is 5.56 Å². The number of carbonyl (C=O) groups excluding carboxylic acids is 1. The van der Waals surface area contributed by atoms with Crippen LogP contribution in [0.4, 0.5) is 4.39 Å². The maximum Gasteiger partial charge on any atom is 0.340 e. The van der Waals surface area contributed by atoms with Crippen molar-refractivity contribution >= 4 is 23.2 Å². The molecule has 0 saturated heterocycles. The normalized spacial score (nSPS) is 10.8. The van der Waals surface area contributed by atoms with E-state index in [4.69, 9.17) is 16.3 Å². The van der Waals surface area contributed by atoms with Gasteiger partial charge in [-0.1, -0.05) is 17.7 Å². The van der Waals surface area contributed by atoms with E-state index in [1.807, 2.05) is 0 Å². The summed E-state index contributed by atoms with van der Waals surface area (Å²) >= 11 is 5.82. The number of aromatic nitrogens is 2. The molecule has 2 heterocycles. The third kappa shape index (κ3) is 3.14. The van der Waals surface area contributed by atoms with E-state index in [2.05, 4.69) is 4.98 Å². The average molecular weight is 347 g/mol. The number of ether oxygens (including phenoxy) is 1. The number of benzene rings is 1. The standard InChI is InChI=1S/C17H12ClFN2O3/c1-10-3-2-4-15-20-12(8-16(22)21(10)15)9-24-17(23)13-6-5-11(19)7-14(13)18/h2-8H,9H2,1H3. The van der Waals surface area contributed by atoms with Crippen LogP contribution in [0.15, 0.2) is 47.3 Å². The van der Waals surface area contributed by atoms with Gasteiger partial charge < -0.3 is 4.74 Å². The van der Waals surface area contributed by atoms with Gasteiger partial charge in [-0.25, -0.2) is 14.2 Å². The number of carbonyl (C=O) groups is 1. The van der Waals surface area contributed by atoms with E-state index in [0.717, 1.165) is 17.8 Å². The minimum atomic E-state index is -0.716. The second-order valence-corrected chi connectivity index (χ2v) is 5.55. The Kier molecular flexibility index (Phi) is 4.31. The van der Waals surface area contributed by atoms with Crippen molar-refractivity contribution in [1.82, 2.24) is 9.38 Å². The first-order chi connectivity index (χ1) is 11.5. The van der Waals surface area contributed by atoms with E-state index in [-0.39, 0.29) is 22.8 Å². The third-order valence-corrected chi connectivity index (χ3v) is 3.75. The van der Waals surface area contributed by atoms with Crippen LogP contribution in [0, 0.1) is 12.7 Å². The monoisotopic (exact) mass is 346 g/mol. The molecule has 0 radical (unpaired) electrons. The molecule has 7 heteroatoms. The summed E-state index contributed by atoms with van der Waals surface area (Å²) < 4.78 is 19.6. The molecule has 0 aliphatic heterocycles. The van der Waals surface area contributed by atoms with Gasteiger partial charge in [0.25, 0.3) is 5.56 Å². The summed E-state index contributed by atoms with van der Waals surface area (Å²) in [5.74, 6) is -1.26. The zero-order valence-corrected chi connectivity index (χ0v) is 13.4. The van der Waals surface area contributed by atoms with E-state index in [1.165, 1.54) is 16.5 Å². The van der Waals surface area contributed by atoms with E-state index in [1.54, 1.807) is 25.1 Å². The molecule has 0 amide bonds. The quantitative estimate of drug-likeness (QED) is 0.683. The molecule has 3 aromatic rings. The van der Waals surface area contributed by atoms with Gasteiger partial charge >= 0.3 is 5.97 Å². The van der Waals surface area contributed by atoms with Crippen molar-refractivity contribution in [2.45, 2.75) is 13.5 Å².